The molecule has 5 nitrogen and oxygen atoms in total. The summed E-state index contributed by atoms with van der Waals surface area (Å²) in [5.74, 6) is 0.747. The van der Waals surface area contributed by atoms with E-state index in [1.807, 2.05) is 31.3 Å². The molecule has 1 aliphatic heterocycles. The zero-order valence-corrected chi connectivity index (χ0v) is 17.0. The lowest BCUT2D eigenvalue weighted by molar-refractivity contribution is 0.159. The zero-order valence-electron chi connectivity index (χ0n) is 16.2. The Kier molecular flexibility index (Phi) is 7.12. The minimum atomic E-state index is -0.388. The lowest BCUT2D eigenvalue weighted by Gasteiger charge is -2.30. The number of nitrogens with zero attached hydrogens (tertiary/aromatic N) is 3. The molecular formula is C21H25ClFN3O2. The summed E-state index contributed by atoms with van der Waals surface area (Å²) in [5.41, 5.74) is 1.24. The topological polar surface area (TPSA) is 37.3 Å². The Morgan fingerprint density at radius 2 is 1.89 bits per heavy atom. The predicted octanol–water partition coefficient (Wildman–Crippen LogP) is 4.04. The molecule has 3 rings (SSSR count). The van der Waals surface area contributed by atoms with Gasteiger partial charge in [-0.25, -0.2) is 4.39 Å². The van der Waals surface area contributed by atoms with Gasteiger partial charge in [0.2, 0.25) is 0 Å². The van der Waals surface area contributed by atoms with Crippen LogP contribution in [0.5, 0.6) is 11.5 Å². The third-order valence-corrected chi connectivity index (χ3v) is 4.91. The van der Waals surface area contributed by atoms with Crippen LogP contribution in [0.15, 0.2) is 41.5 Å². The number of hydrazone groups is 1. The van der Waals surface area contributed by atoms with Crippen molar-refractivity contribution in [2.45, 2.75) is 13.5 Å². The average molecular weight is 406 g/mol. The monoisotopic (exact) mass is 405 g/mol. The first kappa shape index (κ1) is 20.4. The molecule has 1 heterocycles. The summed E-state index contributed by atoms with van der Waals surface area (Å²) in [6.45, 7) is 6.27. The molecule has 0 radical (unpaired) electrons. The van der Waals surface area contributed by atoms with Crippen LogP contribution in [0, 0.1) is 5.82 Å². The highest BCUT2D eigenvalue weighted by molar-refractivity contribution is 6.31. The Bertz CT molecular complexity index is 803. The van der Waals surface area contributed by atoms with E-state index in [1.54, 1.807) is 12.1 Å². The number of benzene rings is 2. The van der Waals surface area contributed by atoms with E-state index in [9.17, 15) is 4.39 Å². The quantitative estimate of drug-likeness (QED) is 0.651. The van der Waals surface area contributed by atoms with Crippen molar-refractivity contribution in [3.63, 3.8) is 0 Å². The van der Waals surface area contributed by atoms with Crippen molar-refractivity contribution >= 4 is 17.8 Å². The fourth-order valence-electron chi connectivity index (χ4n) is 2.87. The average Bonchev–Trinajstić information content (AvgIpc) is 2.68. The smallest absolute Gasteiger partial charge is 0.161 e. The molecule has 0 unspecified atom stereocenters. The number of hydrogen-bond acceptors (Lipinski definition) is 5. The molecule has 2 aromatic rings. The molecule has 28 heavy (non-hydrogen) atoms. The molecule has 2 aromatic carbocycles. The summed E-state index contributed by atoms with van der Waals surface area (Å²) in [6, 6.07) is 10.2. The molecule has 0 bridgehead atoms. The minimum Gasteiger partial charge on any atom is -0.490 e. The second-order valence-electron chi connectivity index (χ2n) is 6.63. The van der Waals surface area contributed by atoms with Gasteiger partial charge in [0.15, 0.2) is 11.5 Å². The van der Waals surface area contributed by atoms with Gasteiger partial charge in [-0.1, -0.05) is 17.7 Å². The molecule has 0 N–H and O–H groups in total. The van der Waals surface area contributed by atoms with E-state index < -0.39 is 0 Å². The Morgan fingerprint density at radius 1 is 1.11 bits per heavy atom. The van der Waals surface area contributed by atoms with Crippen molar-refractivity contribution in [2.75, 3.05) is 39.8 Å². The van der Waals surface area contributed by atoms with Crippen LogP contribution in [0.3, 0.4) is 0 Å². The van der Waals surface area contributed by atoms with Gasteiger partial charge in [-0.2, -0.15) is 5.10 Å². The molecule has 0 saturated carbocycles. The minimum absolute atomic E-state index is 0.0281. The first-order valence-electron chi connectivity index (χ1n) is 9.37. The maximum Gasteiger partial charge on any atom is 0.161 e. The Morgan fingerprint density at radius 3 is 2.61 bits per heavy atom. The van der Waals surface area contributed by atoms with Gasteiger partial charge < -0.3 is 14.4 Å². The zero-order chi connectivity index (χ0) is 19.9. The van der Waals surface area contributed by atoms with Crippen LogP contribution in [-0.2, 0) is 6.61 Å². The molecule has 0 amide bonds. The molecular weight excluding hydrogens is 381 g/mol. The highest BCUT2D eigenvalue weighted by atomic mass is 35.5. The third kappa shape index (κ3) is 5.36. The van der Waals surface area contributed by atoms with E-state index >= 15 is 0 Å². The van der Waals surface area contributed by atoms with Crippen molar-refractivity contribution in [1.82, 2.24) is 9.91 Å². The van der Waals surface area contributed by atoms with Crippen molar-refractivity contribution in [2.24, 2.45) is 5.10 Å². The first-order valence-corrected chi connectivity index (χ1v) is 9.74. The Balaban J connectivity index is 1.70. The van der Waals surface area contributed by atoms with Crippen LogP contribution in [0.1, 0.15) is 18.1 Å². The summed E-state index contributed by atoms with van der Waals surface area (Å²) in [6.07, 6.45) is 1.82. The van der Waals surface area contributed by atoms with E-state index in [2.05, 4.69) is 22.1 Å². The molecule has 1 aliphatic rings. The summed E-state index contributed by atoms with van der Waals surface area (Å²) in [7, 11) is 2.11. The van der Waals surface area contributed by atoms with E-state index in [0.717, 1.165) is 31.7 Å². The molecule has 150 valence electrons. The fraction of sp³-hybridized carbons (Fsp3) is 0.381. The maximum absolute atomic E-state index is 13.9. The number of rotatable bonds is 7. The number of halogens is 2. The molecule has 0 atom stereocenters. The van der Waals surface area contributed by atoms with E-state index in [4.69, 9.17) is 21.1 Å². The van der Waals surface area contributed by atoms with Crippen LogP contribution >= 0.6 is 11.6 Å². The third-order valence-electron chi connectivity index (χ3n) is 4.55. The first-order chi connectivity index (χ1) is 13.6. The Hall–Kier alpha value is -2.31. The fourth-order valence-corrected chi connectivity index (χ4v) is 3.09. The number of ether oxygens (including phenoxy) is 2. The highest BCUT2D eigenvalue weighted by Gasteiger charge is 2.13. The van der Waals surface area contributed by atoms with Crippen LogP contribution in [-0.4, -0.2) is 56.0 Å². The van der Waals surface area contributed by atoms with Gasteiger partial charge in [0.25, 0.3) is 0 Å². The van der Waals surface area contributed by atoms with Gasteiger partial charge in [-0.05, 0) is 49.9 Å². The van der Waals surface area contributed by atoms with Gasteiger partial charge in [-0.15, -0.1) is 0 Å². The van der Waals surface area contributed by atoms with Crippen LogP contribution in [0.2, 0.25) is 5.02 Å². The number of likely N-dealkylation sites (N-methyl/N-ethyl adjacent to an activating group) is 1. The Labute approximate surface area is 170 Å². The molecule has 0 aromatic heterocycles. The highest BCUT2D eigenvalue weighted by Crippen LogP contribution is 2.30. The second-order valence-corrected chi connectivity index (χ2v) is 7.04. The summed E-state index contributed by atoms with van der Waals surface area (Å²) in [4.78, 5) is 2.28. The standard InChI is InChI=1S/C21H25ClFN3O2/c1-3-27-21-13-16(14-24-26-11-9-25(2)10-12-26)7-8-20(21)28-15-17-18(22)5-4-6-19(17)23/h4-8,13-14H,3,9-12,15H2,1-2H3/b24-14+. The normalized spacial score (nSPS) is 15.2. The van der Waals surface area contributed by atoms with Gasteiger partial charge in [0.05, 0.1) is 17.8 Å². The predicted molar refractivity (Wildman–Crippen MR) is 110 cm³/mol. The molecule has 7 heteroatoms. The van der Waals surface area contributed by atoms with Crippen LogP contribution < -0.4 is 9.47 Å². The van der Waals surface area contributed by atoms with E-state index in [1.165, 1.54) is 6.07 Å². The molecule has 0 spiro atoms. The van der Waals surface area contributed by atoms with Crippen LogP contribution in [0.25, 0.3) is 0 Å². The van der Waals surface area contributed by atoms with Crippen molar-refractivity contribution in [3.8, 4) is 11.5 Å². The summed E-state index contributed by atoms with van der Waals surface area (Å²) >= 11 is 6.07. The van der Waals surface area contributed by atoms with Crippen molar-refractivity contribution in [3.05, 3.63) is 58.4 Å². The van der Waals surface area contributed by atoms with Gasteiger partial charge in [0, 0.05) is 31.7 Å². The molecule has 0 aliphatic carbocycles. The second kappa shape index (κ2) is 9.75. The number of hydrogen-bond donors (Lipinski definition) is 0. The van der Waals surface area contributed by atoms with E-state index in [-0.39, 0.29) is 12.4 Å². The van der Waals surface area contributed by atoms with E-state index in [0.29, 0.717) is 28.7 Å². The van der Waals surface area contributed by atoms with Crippen LogP contribution in [0.4, 0.5) is 4.39 Å². The summed E-state index contributed by atoms with van der Waals surface area (Å²) < 4.78 is 25.4. The van der Waals surface area contributed by atoms with Crippen molar-refractivity contribution in [1.29, 1.82) is 0 Å². The van der Waals surface area contributed by atoms with Gasteiger partial charge in [0.1, 0.15) is 12.4 Å². The summed E-state index contributed by atoms with van der Waals surface area (Å²) in [5, 5.41) is 6.96. The van der Waals surface area contributed by atoms with Gasteiger partial charge in [-0.3, -0.25) is 5.01 Å². The lowest BCUT2D eigenvalue weighted by Crippen LogP contribution is -2.41. The molecule has 1 fully saturated rings. The maximum atomic E-state index is 13.9. The lowest BCUT2D eigenvalue weighted by atomic mass is 10.2. The molecule has 1 saturated heterocycles. The van der Waals surface area contributed by atoms with Gasteiger partial charge >= 0.3 is 0 Å². The largest absolute Gasteiger partial charge is 0.490 e. The SMILES string of the molecule is CCOc1cc(/C=N/N2CCN(C)CC2)ccc1OCc1c(F)cccc1Cl. The van der Waals surface area contributed by atoms with Crippen molar-refractivity contribution < 1.29 is 13.9 Å². The number of piperazine rings is 1.